The summed E-state index contributed by atoms with van der Waals surface area (Å²) in [5.41, 5.74) is 0.285. The van der Waals surface area contributed by atoms with Crippen LogP contribution < -0.4 is 14.9 Å². The van der Waals surface area contributed by atoms with Crippen LogP contribution in [0.15, 0.2) is 36.4 Å². The summed E-state index contributed by atoms with van der Waals surface area (Å²) in [5.74, 6) is -4.02. The Kier molecular flexibility index (Phi) is 5.33. The second-order valence-electron chi connectivity index (χ2n) is 5.99. The first-order valence-corrected chi connectivity index (χ1v) is 8.51. The highest BCUT2D eigenvalue weighted by molar-refractivity contribution is 6.28. The summed E-state index contributed by atoms with van der Waals surface area (Å²) in [4.78, 5) is 50.1. The van der Waals surface area contributed by atoms with E-state index in [0.29, 0.717) is 15.5 Å². The third kappa shape index (κ3) is 3.94. The monoisotopic (exact) mass is 419 g/mol. The molecule has 0 unspecified atom stereocenters. The SMILES string of the molecule is CN1C(=O)C(C(=O)Nc2ccc(Oc3ccc(Cl)[n+]([O-])n3)cc2)C(=O)N(C)C1=O. The molecule has 11 nitrogen and oxygen atoms in total. The van der Waals surface area contributed by atoms with Crippen LogP contribution in [0.4, 0.5) is 10.5 Å². The lowest BCUT2D eigenvalue weighted by Crippen LogP contribution is -2.59. The van der Waals surface area contributed by atoms with Crippen LogP contribution in [0.3, 0.4) is 0 Å². The normalized spacial score (nSPS) is 14.9. The molecule has 5 amide bonds. The van der Waals surface area contributed by atoms with E-state index in [9.17, 15) is 24.4 Å². The highest BCUT2D eigenvalue weighted by atomic mass is 35.5. The molecule has 0 saturated carbocycles. The molecule has 0 aliphatic carbocycles. The Morgan fingerprint density at radius 2 is 1.69 bits per heavy atom. The van der Waals surface area contributed by atoms with Gasteiger partial charge in [-0.05, 0) is 40.7 Å². The van der Waals surface area contributed by atoms with Gasteiger partial charge in [0, 0.05) is 31.9 Å². The molecule has 1 aliphatic heterocycles. The number of urea groups is 1. The average Bonchev–Trinajstić information content (AvgIpc) is 2.69. The maximum Gasteiger partial charge on any atom is 0.332 e. The van der Waals surface area contributed by atoms with E-state index < -0.39 is 29.7 Å². The van der Waals surface area contributed by atoms with Crippen molar-refractivity contribution in [3.05, 3.63) is 46.8 Å². The quantitative estimate of drug-likeness (QED) is 0.439. The largest absolute Gasteiger partial charge is 0.593 e. The first-order chi connectivity index (χ1) is 13.7. The molecule has 0 spiro atoms. The van der Waals surface area contributed by atoms with Crippen molar-refractivity contribution in [2.75, 3.05) is 19.4 Å². The lowest BCUT2D eigenvalue weighted by molar-refractivity contribution is -0.667. The van der Waals surface area contributed by atoms with Gasteiger partial charge in [0.25, 0.3) is 17.7 Å². The third-order valence-corrected chi connectivity index (χ3v) is 4.34. The van der Waals surface area contributed by atoms with Gasteiger partial charge in [0.2, 0.25) is 5.91 Å². The molecular weight excluding hydrogens is 406 g/mol. The number of nitrogens with zero attached hydrogens (tertiary/aromatic N) is 4. The number of rotatable bonds is 4. The smallest absolute Gasteiger partial charge is 0.332 e. The zero-order valence-corrected chi connectivity index (χ0v) is 15.9. The summed E-state index contributed by atoms with van der Waals surface area (Å²) in [7, 11) is 2.38. The number of anilines is 1. The molecular formula is C17H14ClN5O6. The molecule has 150 valence electrons. The molecule has 1 N–H and O–H groups in total. The first kappa shape index (κ1) is 20.0. The molecule has 1 fully saturated rings. The molecule has 29 heavy (non-hydrogen) atoms. The molecule has 2 heterocycles. The van der Waals surface area contributed by atoms with Crippen molar-refractivity contribution in [1.82, 2.24) is 14.9 Å². The number of imide groups is 2. The Morgan fingerprint density at radius 1 is 1.10 bits per heavy atom. The van der Waals surface area contributed by atoms with Gasteiger partial charge >= 0.3 is 11.2 Å². The number of nitrogens with one attached hydrogen (secondary N) is 1. The Labute approximate surface area is 169 Å². The Hall–Kier alpha value is -3.73. The molecule has 0 atom stereocenters. The van der Waals surface area contributed by atoms with Crippen LogP contribution in [0.5, 0.6) is 11.6 Å². The third-order valence-electron chi connectivity index (χ3n) is 4.07. The maximum atomic E-state index is 12.4. The van der Waals surface area contributed by atoms with Crippen LogP contribution in [0.25, 0.3) is 0 Å². The van der Waals surface area contributed by atoms with Crippen molar-refractivity contribution < 1.29 is 28.8 Å². The second kappa shape index (κ2) is 7.72. The molecule has 0 radical (unpaired) electrons. The van der Waals surface area contributed by atoms with E-state index in [1.807, 2.05) is 0 Å². The number of carbonyl (C=O) groups excluding carboxylic acids is 4. The van der Waals surface area contributed by atoms with Crippen molar-refractivity contribution in [3.8, 4) is 11.6 Å². The number of benzene rings is 1. The van der Waals surface area contributed by atoms with Crippen molar-refractivity contribution in [1.29, 1.82) is 0 Å². The predicted molar refractivity (Wildman–Crippen MR) is 97.8 cm³/mol. The highest BCUT2D eigenvalue weighted by Gasteiger charge is 2.46. The molecule has 0 bridgehead atoms. The zero-order chi connectivity index (χ0) is 21.3. The van der Waals surface area contributed by atoms with Gasteiger partial charge in [-0.25, -0.2) is 4.79 Å². The number of amides is 5. The van der Waals surface area contributed by atoms with E-state index in [4.69, 9.17) is 16.3 Å². The van der Waals surface area contributed by atoms with E-state index in [-0.39, 0.29) is 21.6 Å². The van der Waals surface area contributed by atoms with Crippen LogP contribution in [0.1, 0.15) is 0 Å². The van der Waals surface area contributed by atoms with Crippen LogP contribution in [0.2, 0.25) is 5.15 Å². The van der Waals surface area contributed by atoms with Crippen molar-refractivity contribution >= 4 is 41.0 Å². The summed E-state index contributed by atoms with van der Waals surface area (Å²) >= 11 is 5.58. The van der Waals surface area contributed by atoms with Crippen LogP contribution in [0, 0.1) is 11.1 Å². The van der Waals surface area contributed by atoms with Gasteiger partial charge in [0.15, 0.2) is 5.92 Å². The summed E-state index contributed by atoms with van der Waals surface area (Å²) in [6.45, 7) is 0. The minimum atomic E-state index is -1.66. The number of aromatic nitrogens is 2. The molecule has 2 aromatic rings. The molecule has 3 rings (SSSR count). The van der Waals surface area contributed by atoms with Gasteiger partial charge in [-0.1, -0.05) is 0 Å². The van der Waals surface area contributed by atoms with Crippen LogP contribution in [-0.2, 0) is 14.4 Å². The summed E-state index contributed by atoms with van der Waals surface area (Å²) in [5, 5.41) is 17.2. The lowest BCUT2D eigenvalue weighted by Gasteiger charge is -2.32. The number of carbonyl (C=O) groups is 4. The Bertz CT molecular complexity index is 988. The number of barbiturate groups is 1. The fraction of sp³-hybridized carbons (Fsp3) is 0.176. The first-order valence-electron chi connectivity index (χ1n) is 8.13. The Balaban J connectivity index is 1.69. The van der Waals surface area contributed by atoms with Crippen LogP contribution in [-0.4, -0.2) is 52.7 Å². The number of ether oxygens (including phenoxy) is 1. The fourth-order valence-electron chi connectivity index (χ4n) is 2.50. The predicted octanol–water partition coefficient (Wildman–Crippen LogP) is 0.766. The number of halogens is 1. The van der Waals surface area contributed by atoms with Crippen molar-refractivity contribution in [2.24, 2.45) is 5.92 Å². The highest BCUT2D eigenvalue weighted by Crippen LogP contribution is 2.23. The molecule has 1 aromatic heterocycles. The number of hydrogen-bond acceptors (Lipinski definition) is 7. The van der Waals surface area contributed by atoms with E-state index in [1.165, 1.54) is 50.5 Å². The van der Waals surface area contributed by atoms with Gasteiger partial charge in [0.1, 0.15) is 5.75 Å². The van der Waals surface area contributed by atoms with Gasteiger partial charge in [0.05, 0.1) is 5.10 Å². The van der Waals surface area contributed by atoms with E-state index in [1.54, 1.807) is 0 Å². The van der Waals surface area contributed by atoms with Crippen molar-refractivity contribution in [2.45, 2.75) is 0 Å². The van der Waals surface area contributed by atoms with Gasteiger partial charge < -0.3 is 15.3 Å². The molecule has 1 saturated heterocycles. The standard InChI is InChI=1S/C17H14ClN5O6/c1-21-15(25)13(16(26)22(2)17(21)27)14(24)19-9-3-5-10(6-4-9)29-12-8-7-11(18)23(28)20-12/h3-8,13H,1-2H3,(H,19,24). The second-order valence-corrected chi connectivity index (χ2v) is 6.38. The molecule has 1 aliphatic rings. The van der Waals surface area contributed by atoms with E-state index >= 15 is 0 Å². The minimum Gasteiger partial charge on any atom is -0.593 e. The summed E-state index contributed by atoms with van der Waals surface area (Å²) in [6, 6.07) is 7.81. The lowest BCUT2D eigenvalue weighted by atomic mass is 10.0. The average molecular weight is 420 g/mol. The van der Waals surface area contributed by atoms with Gasteiger partial charge in [-0.2, -0.15) is 0 Å². The fourth-order valence-corrected chi connectivity index (χ4v) is 2.60. The van der Waals surface area contributed by atoms with Gasteiger partial charge in [-0.15, -0.1) is 0 Å². The summed E-state index contributed by atoms with van der Waals surface area (Å²) < 4.78 is 5.40. The van der Waals surface area contributed by atoms with Gasteiger partial charge in [-0.3, -0.25) is 24.2 Å². The summed E-state index contributed by atoms with van der Waals surface area (Å²) in [6.07, 6.45) is 0. The van der Waals surface area contributed by atoms with E-state index in [0.717, 1.165) is 0 Å². The zero-order valence-electron chi connectivity index (χ0n) is 15.2. The Morgan fingerprint density at radius 3 is 2.24 bits per heavy atom. The van der Waals surface area contributed by atoms with E-state index in [2.05, 4.69) is 10.4 Å². The molecule has 12 heteroatoms. The minimum absolute atomic E-state index is 0.00956. The van der Waals surface area contributed by atoms with Crippen molar-refractivity contribution in [3.63, 3.8) is 0 Å². The maximum absolute atomic E-state index is 12.4. The topological polar surface area (TPSA) is 136 Å². The number of hydrogen-bond donors (Lipinski definition) is 1. The van der Waals surface area contributed by atoms with Crippen LogP contribution >= 0.6 is 11.6 Å². The molecule has 1 aromatic carbocycles.